The normalized spacial score (nSPS) is 16.8. The molecule has 0 fully saturated rings. The highest BCUT2D eigenvalue weighted by molar-refractivity contribution is 8.27. The molecule has 1 amide bonds. The monoisotopic (exact) mass is 475 g/mol. The number of nitrogens with zero attached hydrogens (tertiary/aromatic N) is 4. The van der Waals surface area contributed by atoms with E-state index >= 15 is 0 Å². The van der Waals surface area contributed by atoms with Gasteiger partial charge in [0.15, 0.2) is 5.84 Å². The lowest BCUT2D eigenvalue weighted by Gasteiger charge is -2.20. The third-order valence-corrected chi connectivity index (χ3v) is 7.27. The van der Waals surface area contributed by atoms with Gasteiger partial charge in [-0.15, -0.1) is 11.3 Å². The summed E-state index contributed by atoms with van der Waals surface area (Å²) in [7, 11) is 1.64. The van der Waals surface area contributed by atoms with Crippen LogP contribution in [-0.4, -0.2) is 38.6 Å². The van der Waals surface area contributed by atoms with E-state index < -0.39 is 5.91 Å². The Bertz CT molecular complexity index is 1370. The summed E-state index contributed by atoms with van der Waals surface area (Å²) in [6.07, 6.45) is 2.40. The standard InChI is InChI=1S/C24H21N5O2S2/c1-14-10-16(15(2)28(14)17-6-4-7-18(12-17)31-3)11-20-22(25)29-24(26-23(20)30)33-21(27-29)13-19-8-5-9-32-19/h4-12,25H,13H2,1-3H3. The van der Waals surface area contributed by atoms with Crippen LogP contribution < -0.4 is 4.74 Å². The van der Waals surface area contributed by atoms with Gasteiger partial charge in [-0.25, -0.2) is 0 Å². The summed E-state index contributed by atoms with van der Waals surface area (Å²) in [5, 5.41) is 18.0. The van der Waals surface area contributed by atoms with Crippen molar-refractivity contribution in [1.82, 2.24) is 9.58 Å². The second-order valence-corrected chi connectivity index (χ2v) is 9.71. The molecule has 0 aliphatic carbocycles. The van der Waals surface area contributed by atoms with E-state index in [4.69, 9.17) is 10.1 Å². The molecule has 1 N–H and O–H groups in total. The van der Waals surface area contributed by atoms with Crippen molar-refractivity contribution in [2.24, 2.45) is 10.1 Å². The van der Waals surface area contributed by atoms with E-state index in [1.165, 1.54) is 21.6 Å². The lowest BCUT2D eigenvalue weighted by Crippen LogP contribution is -2.35. The maximum absolute atomic E-state index is 12.8. The lowest BCUT2D eigenvalue weighted by atomic mass is 10.1. The molecule has 33 heavy (non-hydrogen) atoms. The minimum Gasteiger partial charge on any atom is -0.497 e. The molecule has 2 aromatic heterocycles. The molecule has 1 aromatic carbocycles. The Morgan fingerprint density at radius 3 is 2.79 bits per heavy atom. The zero-order chi connectivity index (χ0) is 23.1. The predicted molar refractivity (Wildman–Crippen MR) is 135 cm³/mol. The number of carbonyl (C=O) groups is 1. The van der Waals surface area contributed by atoms with Crippen molar-refractivity contribution in [3.63, 3.8) is 0 Å². The molecule has 0 radical (unpaired) electrons. The number of methoxy groups -OCH3 is 1. The van der Waals surface area contributed by atoms with E-state index in [2.05, 4.69) is 14.7 Å². The number of carbonyl (C=O) groups excluding carboxylic acids is 1. The van der Waals surface area contributed by atoms with E-state index in [1.807, 2.05) is 61.7 Å². The van der Waals surface area contributed by atoms with Crippen LogP contribution in [0.5, 0.6) is 5.75 Å². The molecule has 0 bridgehead atoms. The number of aliphatic imine (C=N–C) groups is 1. The number of thiophene rings is 1. The van der Waals surface area contributed by atoms with Crippen molar-refractivity contribution in [2.75, 3.05) is 7.11 Å². The van der Waals surface area contributed by atoms with Gasteiger partial charge in [-0.2, -0.15) is 15.1 Å². The number of aromatic nitrogens is 1. The van der Waals surface area contributed by atoms with Gasteiger partial charge in [0.25, 0.3) is 5.91 Å². The Morgan fingerprint density at radius 1 is 1.18 bits per heavy atom. The minimum atomic E-state index is -0.419. The van der Waals surface area contributed by atoms with E-state index in [9.17, 15) is 4.79 Å². The number of fused-ring (bicyclic) bond motifs is 1. The predicted octanol–water partition coefficient (Wildman–Crippen LogP) is 5.03. The smallest absolute Gasteiger partial charge is 0.283 e. The highest BCUT2D eigenvalue weighted by Gasteiger charge is 2.35. The van der Waals surface area contributed by atoms with E-state index in [0.29, 0.717) is 11.6 Å². The SMILES string of the molecule is COc1cccc(-n2c(C)cc(C=C3C(=N)N4N=C(Cc5cccs5)SC4=NC3=O)c2C)c1. The van der Waals surface area contributed by atoms with Gasteiger partial charge in [0.2, 0.25) is 5.17 Å². The summed E-state index contributed by atoms with van der Waals surface area (Å²) < 4.78 is 7.46. The van der Waals surface area contributed by atoms with Crippen LogP contribution >= 0.6 is 23.1 Å². The summed E-state index contributed by atoms with van der Waals surface area (Å²) >= 11 is 3.00. The van der Waals surface area contributed by atoms with Crippen molar-refractivity contribution < 1.29 is 9.53 Å². The number of hydrogen-bond donors (Lipinski definition) is 1. The van der Waals surface area contributed by atoms with Gasteiger partial charge in [0.1, 0.15) is 10.8 Å². The maximum atomic E-state index is 12.8. The molecule has 7 nitrogen and oxygen atoms in total. The number of hydrazone groups is 1. The minimum absolute atomic E-state index is 0.0462. The summed E-state index contributed by atoms with van der Waals surface area (Å²) in [5.41, 5.74) is 4.03. The molecule has 0 atom stereocenters. The zero-order valence-electron chi connectivity index (χ0n) is 18.3. The van der Waals surface area contributed by atoms with Crippen molar-refractivity contribution in [2.45, 2.75) is 20.3 Å². The first-order valence-electron chi connectivity index (χ1n) is 10.3. The van der Waals surface area contributed by atoms with Crippen molar-refractivity contribution in [3.8, 4) is 11.4 Å². The Kier molecular flexibility index (Phi) is 5.51. The highest BCUT2D eigenvalue weighted by atomic mass is 32.2. The summed E-state index contributed by atoms with van der Waals surface area (Å²) in [4.78, 5) is 18.2. The lowest BCUT2D eigenvalue weighted by molar-refractivity contribution is -0.114. The first-order chi connectivity index (χ1) is 15.9. The molecular weight excluding hydrogens is 454 g/mol. The number of amides is 1. The number of thioether (sulfide) groups is 1. The van der Waals surface area contributed by atoms with Gasteiger partial charge in [-0.05, 0) is 66.9 Å². The van der Waals surface area contributed by atoms with Crippen LogP contribution in [0.3, 0.4) is 0 Å². The van der Waals surface area contributed by atoms with Crippen molar-refractivity contribution in [3.05, 3.63) is 75.2 Å². The van der Waals surface area contributed by atoms with Gasteiger partial charge in [-0.1, -0.05) is 12.1 Å². The fourth-order valence-electron chi connectivity index (χ4n) is 3.90. The number of rotatable bonds is 5. The second kappa shape index (κ2) is 8.49. The van der Waals surface area contributed by atoms with Crippen LogP contribution in [0.25, 0.3) is 11.8 Å². The topological polar surface area (TPSA) is 83.0 Å². The fraction of sp³-hybridized carbons (Fsp3) is 0.167. The van der Waals surface area contributed by atoms with Crippen LogP contribution in [0, 0.1) is 19.3 Å². The van der Waals surface area contributed by atoms with E-state index in [-0.39, 0.29) is 11.4 Å². The number of hydrogen-bond acceptors (Lipinski definition) is 6. The molecule has 0 spiro atoms. The molecule has 5 rings (SSSR count). The highest BCUT2D eigenvalue weighted by Crippen LogP contribution is 2.31. The molecule has 0 saturated carbocycles. The average molecular weight is 476 g/mol. The van der Waals surface area contributed by atoms with E-state index in [1.54, 1.807) is 24.5 Å². The number of aryl methyl sites for hydroxylation is 1. The van der Waals surface area contributed by atoms with Gasteiger partial charge >= 0.3 is 0 Å². The Morgan fingerprint density at radius 2 is 2.03 bits per heavy atom. The van der Waals surface area contributed by atoms with Gasteiger partial charge in [0.05, 0.1) is 12.7 Å². The Labute approximate surface area is 199 Å². The number of benzene rings is 1. The Balaban J connectivity index is 1.47. The quantitative estimate of drug-likeness (QED) is 0.525. The Hall–Kier alpha value is -3.43. The number of ether oxygens (including phenoxy) is 1. The zero-order valence-corrected chi connectivity index (χ0v) is 20.0. The summed E-state index contributed by atoms with van der Waals surface area (Å²) in [6, 6.07) is 13.9. The average Bonchev–Trinajstić information content (AvgIpc) is 3.51. The first-order valence-corrected chi connectivity index (χ1v) is 12.0. The molecule has 4 heterocycles. The van der Waals surface area contributed by atoms with Crippen LogP contribution in [0.15, 0.2) is 63.5 Å². The van der Waals surface area contributed by atoms with Gasteiger partial charge in [-0.3, -0.25) is 10.2 Å². The second-order valence-electron chi connectivity index (χ2n) is 7.63. The van der Waals surface area contributed by atoms with Gasteiger partial charge in [0, 0.05) is 34.4 Å². The maximum Gasteiger partial charge on any atom is 0.283 e. The largest absolute Gasteiger partial charge is 0.497 e. The molecule has 9 heteroatoms. The van der Waals surface area contributed by atoms with Crippen molar-refractivity contribution in [1.29, 1.82) is 5.41 Å². The molecule has 166 valence electrons. The van der Waals surface area contributed by atoms with Crippen LogP contribution in [0.4, 0.5) is 0 Å². The number of amidine groups is 2. The first kappa shape index (κ1) is 21.4. The van der Waals surface area contributed by atoms with Crippen molar-refractivity contribution >= 4 is 51.1 Å². The molecule has 2 aliphatic rings. The van der Waals surface area contributed by atoms with Crippen LogP contribution in [0.2, 0.25) is 0 Å². The summed E-state index contributed by atoms with van der Waals surface area (Å²) in [5.74, 6) is 0.399. The molecule has 3 aromatic rings. The molecule has 0 saturated heterocycles. The molecular formula is C24H21N5O2S2. The third-order valence-electron chi connectivity index (χ3n) is 5.48. The number of nitrogens with one attached hydrogen (secondary N) is 1. The van der Waals surface area contributed by atoms with Crippen LogP contribution in [-0.2, 0) is 11.2 Å². The van der Waals surface area contributed by atoms with Crippen LogP contribution in [0.1, 0.15) is 21.8 Å². The third kappa shape index (κ3) is 3.94. The molecule has 2 aliphatic heterocycles. The fourth-order valence-corrected chi connectivity index (χ4v) is 5.61. The van der Waals surface area contributed by atoms with Gasteiger partial charge < -0.3 is 9.30 Å². The van der Waals surface area contributed by atoms with E-state index in [0.717, 1.165) is 33.4 Å². The molecule has 0 unspecified atom stereocenters. The summed E-state index contributed by atoms with van der Waals surface area (Å²) in [6.45, 7) is 4.00.